The molecule has 2 amide bonds. The maximum atomic E-state index is 13.7. The first-order valence-electron chi connectivity index (χ1n) is 13.2. The van der Waals surface area contributed by atoms with E-state index < -0.39 is 4.92 Å². The predicted molar refractivity (Wildman–Crippen MR) is 154 cm³/mol. The highest BCUT2D eigenvalue weighted by Gasteiger charge is 2.33. The number of nitrogens with zero attached hydrogens (tertiary/aromatic N) is 3. The fourth-order valence-corrected chi connectivity index (χ4v) is 6.05. The van der Waals surface area contributed by atoms with Gasteiger partial charge < -0.3 is 24.8 Å². The molecule has 3 aromatic rings. The van der Waals surface area contributed by atoms with Crippen molar-refractivity contribution >= 4 is 50.0 Å². The van der Waals surface area contributed by atoms with E-state index in [2.05, 4.69) is 26.2 Å². The minimum Gasteiger partial charge on any atom is -0.374 e. The summed E-state index contributed by atoms with van der Waals surface area (Å²) >= 11 is 3.33. The van der Waals surface area contributed by atoms with Gasteiger partial charge in [-0.1, -0.05) is 34.1 Å². The van der Waals surface area contributed by atoms with Gasteiger partial charge in [-0.2, -0.15) is 0 Å². The van der Waals surface area contributed by atoms with Gasteiger partial charge in [0.05, 0.1) is 28.3 Å². The van der Waals surface area contributed by atoms with E-state index in [0.29, 0.717) is 53.4 Å². The molecule has 3 heterocycles. The summed E-state index contributed by atoms with van der Waals surface area (Å²) in [5.41, 5.74) is 0.606. The smallest absolute Gasteiger partial charge is 0.294 e. The largest absolute Gasteiger partial charge is 0.374 e. The number of para-hydroxylation sites is 1. The third-order valence-corrected chi connectivity index (χ3v) is 7.71. The molecule has 0 spiro atoms. The third kappa shape index (κ3) is 5.73. The van der Waals surface area contributed by atoms with Gasteiger partial charge in [0.2, 0.25) is 5.56 Å². The number of ether oxygens (including phenoxy) is 1. The minimum absolute atomic E-state index is 0.130. The molecule has 2 saturated heterocycles. The van der Waals surface area contributed by atoms with Crippen molar-refractivity contribution in [1.82, 2.24) is 14.8 Å². The zero-order valence-corrected chi connectivity index (χ0v) is 23.8. The Kier molecular flexibility index (Phi) is 7.90. The van der Waals surface area contributed by atoms with Gasteiger partial charge in [-0.3, -0.25) is 24.5 Å². The molecule has 2 N–H and O–H groups in total. The Morgan fingerprint density at radius 2 is 1.75 bits per heavy atom. The number of H-pyrrole nitrogens is 1. The van der Waals surface area contributed by atoms with E-state index in [1.807, 2.05) is 13.8 Å². The van der Waals surface area contributed by atoms with Gasteiger partial charge in [0.1, 0.15) is 5.69 Å². The number of nitrogens with one attached hydrogen (secondary N) is 2. The Morgan fingerprint density at radius 3 is 2.48 bits per heavy atom. The number of hydrogen-bond donors (Lipinski definition) is 2. The SMILES string of the molecule is C[C@@H]1CN(C(=O)c2cc(Br)cc([N+](=O)[O-])c2N[C@@H]2CCCN(C(=O)c3cc(=O)[nH]c4ccccc34)C2)C[C@H](C)O1. The number of halogens is 1. The molecule has 5 rings (SSSR count). The lowest BCUT2D eigenvalue weighted by molar-refractivity contribution is -0.384. The number of morpholine rings is 1. The Balaban J connectivity index is 1.44. The molecule has 0 radical (unpaired) electrons. The van der Waals surface area contributed by atoms with E-state index in [1.54, 1.807) is 40.1 Å². The van der Waals surface area contributed by atoms with Crippen molar-refractivity contribution in [3.63, 3.8) is 0 Å². The molecular formula is C28H30BrN5O6. The zero-order valence-electron chi connectivity index (χ0n) is 22.2. The molecule has 0 saturated carbocycles. The summed E-state index contributed by atoms with van der Waals surface area (Å²) in [5.74, 6) is -0.612. The monoisotopic (exact) mass is 611 g/mol. The van der Waals surface area contributed by atoms with Crippen LogP contribution in [0.2, 0.25) is 0 Å². The highest BCUT2D eigenvalue weighted by molar-refractivity contribution is 9.10. The summed E-state index contributed by atoms with van der Waals surface area (Å²) in [6.45, 7) is 5.26. The average Bonchev–Trinajstić information content (AvgIpc) is 2.92. The van der Waals surface area contributed by atoms with Gasteiger partial charge in [-0.25, -0.2) is 0 Å². The molecule has 3 atom stereocenters. The molecule has 0 unspecified atom stereocenters. The first-order valence-corrected chi connectivity index (χ1v) is 14.0. The Hall–Kier alpha value is -3.77. The quantitative estimate of drug-likeness (QED) is 0.326. The van der Waals surface area contributed by atoms with E-state index in [-0.39, 0.29) is 59.1 Å². The second kappa shape index (κ2) is 11.4. The first-order chi connectivity index (χ1) is 19.1. The lowest BCUT2D eigenvalue weighted by Gasteiger charge is -2.36. The molecule has 12 heteroatoms. The summed E-state index contributed by atoms with van der Waals surface area (Å²) < 4.78 is 6.18. The molecule has 1 aromatic heterocycles. The lowest BCUT2D eigenvalue weighted by Crippen LogP contribution is -2.48. The summed E-state index contributed by atoms with van der Waals surface area (Å²) in [6, 6.07) is 11.1. The summed E-state index contributed by atoms with van der Waals surface area (Å²) in [5, 5.41) is 16.0. The number of anilines is 1. The van der Waals surface area contributed by atoms with Crippen LogP contribution in [0.25, 0.3) is 10.9 Å². The van der Waals surface area contributed by atoms with Crippen LogP contribution in [0, 0.1) is 10.1 Å². The molecule has 0 aliphatic carbocycles. The molecule has 2 aliphatic rings. The number of carbonyl (C=O) groups excluding carboxylic acids is 2. The predicted octanol–water partition coefficient (Wildman–Crippen LogP) is 4.16. The number of benzene rings is 2. The van der Waals surface area contributed by atoms with Crippen molar-refractivity contribution in [2.45, 2.75) is 44.9 Å². The number of aromatic amines is 1. The van der Waals surface area contributed by atoms with Crippen molar-refractivity contribution in [2.24, 2.45) is 0 Å². The Bertz CT molecular complexity index is 1530. The number of rotatable bonds is 5. The van der Waals surface area contributed by atoms with Gasteiger partial charge >= 0.3 is 0 Å². The van der Waals surface area contributed by atoms with E-state index in [0.717, 1.165) is 0 Å². The van der Waals surface area contributed by atoms with Crippen LogP contribution in [0.4, 0.5) is 11.4 Å². The van der Waals surface area contributed by atoms with Gasteiger partial charge in [-0.15, -0.1) is 0 Å². The van der Waals surface area contributed by atoms with E-state index >= 15 is 0 Å². The summed E-state index contributed by atoms with van der Waals surface area (Å²) in [7, 11) is 0. The maximum Gasteiger partial charge on any atom is 0.294 e. The fourth-order valence-electron chi connectivity index (χ4n) is 5.61. The number of nitro groups is 1. The third-order valence-electron chi connectivity index (χ3n) is 7.25. The molecule has 11 nitrogen and oxygen atoms in total. The molecule has 0 bridgehead atoms. The number of piperidine rings is 1. The van der Waals surface area contributed by atoms with Crippen molar-refractivity contribution in [1.29, 1.82) is 0 Å². The number of fused-ring (bicyclic) bond motifs is 1. The van der Waals surface area contributed by atoms with E-state index in [9.17, 15) is 24.5 Å². The summed E-state index contributed by atoms with van der Waals surface area (Å²) in [4.78, 5) is 57.2. The van der Waals surface area contributed by atoms with Crippen LogP contribution in [0.5, 0.6) is 0 Å². The number of aromatic nitrogens is 1. The molecule has 210 valence electrons. The van der Waals surface area contributed by atoms with Crippen molar-refractivity contribution < 1.29 is 19.2 Å². The highest BCUT2D eigenvalue weighted by atomic mass is 79.9. The number of hydrogen-bond acceptors (Lipinski definition) is 7. The molecule has 2 aliphatic heterocycles. The van der Waals surface area contributed by atoms with Crippen molar-refractivity contribution in [3.8, 4) is 0 Å². The normalized spacial score (nSPS) is 21.3. The topological polar surface area (TPSA) is 138 Å². The molecule has 2 fully saturated rings. The van der Waals surface area contributed by atoms with Gasteiger partial charge in [0, 0.05) is 59.7 Å². The lowest BCUT2D eigenvalue weighted by atomic mass is 10.0. The van der Waals surface area contributed by atoms with Crippen LogP contribution in [0.15, 0.2) is 51.7 Å². The Labute approximate surface area is 238 Å². The van der Waals surface area contributed by atoms with Crippen LogP contribution in [0.1, 0.15) is 47.4 Å². The zero-order chi connectivity index (χ0) is 28.6. The molecular weight excluding hydrogens is 582 g/mol. The highest BCUT2D eigenvalue weighted by Crippen LogP contribution is 2.35. The number of nitro benzene ring substituents is 1. The second-order valence-corrected chi connectivity index (χ2v) is 11.3. The Morgan fingerprint density at radius 1 is 1.05 bits per heavy atom. The van der Waals surface area contributed by atoms with Crippen LogP contribution in [-0.2, 0) is 4.74 Å². The number of pyridine rings is 1. The van der Waals surface area contributed by atoms with Crippen LogP contribution in [0.3, 0.4) is 0 Å². The second-order valence-electron chi connectivity index (χ2n) is 10.4. The number of carbonyl (C=O) groups is 2. The minimum atomic E-state index is -0.511. The van der Waals surface area contributed by atoms with Gasteiger partial charge in [0.25, 0.3) is 17.5 Å². The fraction of sp³-hybridized carbons (Fsp3) is 0.393. The van der Waals surface area contributed by atoms with E-state index in [4.69, 9.17) is 4.74 Å². The molecule has 2 aromatic carbocycles. The summed E-state index contributed by atoms with van der Waals surface area (Å²) in [6.07, 6.45) is 0.971. The van der Waals surface area contributed by atoms with Gasteiger partial charge in [-0.05, 0) is 38.8 Å². The first kappa shape index (κ1) is 27.8. The van der Waals surface area contributed by atoms with Gasteiger partial charge in [0.15, 0.2) is 0 Å². The number of likely N-dealkylation sites (tertiary alicyclic amines) is 1. The maximum absolute atomic E-state index is 13.7. The van der Waals surface area contributed by atoms with Crippen molar-refractivity contribution in [2.75, 3.05) is 31.5 Å². The number of amides is 2. The van der Waals surface area contributed by atoms with E-state index in [1.165, 1.54) is 12.1 Å². The standard InChI is InChI=1S/C28H30BrN5O6/c1-16-13-33(14-17(2)40-16)28(37)22-10-18(29)11-24(34(38)39)26(22)30-19-6-5-9-32(15-19)27(36)21-12-25(35)31-23-8-4-3-7-20(21)23/h3-4,7-8,10-12,16-17,19,30H,5-6,9,13-15H2,1-2H3,(H,31,35)/t16-,17+,19-/m1/s1. The molecule has 40 heavy (non-hydrogen) atoms. The average molecular weight is 612 g/mol. The van der Waals surface area contributed by atoms with Crippen molar-refractivity contribution in [3.05, 3.63) is 78.5 Å². The van der Waals surface area contributed by atoms with Crippen LogP contribution in [-0.4, -0.2) is 76.0 Å². The van der Waals surface area contributed by atoms with Crippen LogP contribution < -0.4 is 10.9 Å². The van der Waals surface area contributed by atoms with Crippen LogP contribution >= 0.6 is 15.9 Å².